The van der Waals surface area contributed by atoms with Crippen molar-refractivity contribution < 1.29 is 13.6 Å². The summed E-state index contributed by atoms with van der Waals surface area (Å²) in [6.45, 7) is 7.12. The van der Waals surface area contributed by atoms with Crippen LogP contribution in [0.5, 0.6) is 0 Å². The number of nitrogens with zero attached hydrogens (tertiary/aromatic N) is 2. The van der Waals surface area contributed by atoms with Gasteiger partial charge in [-0.2, -0.15) is 0 Å². The van der Waals surface area contributed by atoms with Gasteiger partial charge in [-0.25, -0.2) is 9.18 Å². The second-order valence-electron chi connectivity index (χ2n) is 7.18. The molecule has 1 N–H and O–H groups in total. The summed E-state index contributed by atoms with van der Waals surface area (Å²) in [5.74, 6) is 0.905. The molecule has 0 bridgehead atoms. The molecule has 5 nitrogen and oxygen atoms in total. The Morgan fingerprint density at radius 2 is 2.30 bits per heavy atom. The highest BCUT2D eigenvalue weighted by Gasteiger charge is 2.49. The highest BCUT2D eigenvalue weighted by atomic mass is 19.1. The van der Waals surface area contributed by atoms with Crippen molar-refractivity contribution in [1.29, 1.82) is 0 Å². The van der Waals surface area contributed by atoms with E-state index in [9.17, 15) is 9.18 Å². The maximum absolute atomic E-state index is 14.7. The van der Waals surface area contributed by atoms with Crippen molar-refractivity contribution in [3.05, 3.63) is 24.2 Å². The van der Waals surface area contributed by atoms with Gasteiger partial charge >= 0.3 is 6.03 Å². The fourth-order valence-electron chi connectivity index (χ4n) is 3.77. The molecule has 128 valence electrons. The minimum Gasteiger partial charge on any atom is -0.468 e. The van der Waals surface area contributed by atoms with E-state index < -0.39 is 11.6 Å². The number of carbonyl (C=O) groups excluding carboxylic acids is 1. The third-order valence-electron chi connectivity index (χ3n) is 4.95. The molecule has 2 amide bonds. The molecule has 3 rings (SSSR count). The molecule has 2 aliphatic heterocycles. The molecule has 0 saturated carbocycles. The van der Waals surface area contributed by atoms with Crippen molar-refractivity contribution in [3.8, 4) is 0 Å². The van der Waals surface area contributed by atoms with Crippen molar-refractivity contribution in [2.45, 2.75) is 45.4 Å². The standard InChI is InChI=1S/C17H26FN3O2/c1-13(2)19-16(22)21-7-5-15(18)17(12-21)6-8-20(11-17)10-14-4-3-9-23-14/h3-4,9,13,15H,5-8,10-12H2,1-2H3,(H,19,22)/t15-,17+/m1/s1. The summed E-state index contributed by atoms with van der Waals surface area (Å²) in [4.78, 5) is 16.3. The molecule has 2 atom stereocenters. The number of likely N-dealkylation sites (tertiary alicyclic amines) is 2. The minimum absolute atomic E-state index is 0.0734. The van der Waals surface area contributed by atoms with E-state index in [1.54, 1.807) is 11.2 Å². The summed E-state index contributed by atoms with van der Waals surface area (Å²) >= 11 is 0. The summed E-state index contributed by atoms with van der Waals surface area (Å²) < 4.78 is 20.1. The highest BCUT2D eigenvalue weighted by Crippen LogP contribution is 2.41. The Morgan fingerprint density at radius 3 is 3.00 bits per heavy atom. The number of carbonyl (C=O) groups is 1. The van der Waals surface area contributed by atoms with Gasteiger partial charge in [-0.1, -0.05) is 0 Å². The van der Waals surface area contributed by atoms with Crippen molar-refractivity contribution in [3.63, 3.8) is 0 Å². The fraction of sp³-hybridized carbons (Fsp3) is 0.706. The summed E-state index contributed by atoms with van der Waals surface area (Å²) in [6.07, 6.45) is 2.05. The minimum atomic E-state index is -0.841. The maximum atomic E-state index is 14.7. The second-order valence-corrected chi connectivity index (χ2v) is 7.18. The van der Waals surface area contributed by atoms with Gasteiger partial charge in [-0.3, -0.25) is 4.90 Å². The van der Waals surface area contributed by atoms with Gasteiger partial charge < -0.3 is 14.6 Å². The number of piperidine rings is 1. The van der Waals surface area contributed by atoms with Gasteiger partial charge in [-0.15, -0.1) is 0 Å². The maximum Gasteiger partial charge on any atom is 0.317 e. The summed E-state index contributed by atoms with van der Waals surface area (Å²) in [6, 6.07) is 3.84. The Balaban J connectivity index is 1.64. The average molecular weight is 323 g/mol. The molecule has 1 aromatic rings. The lowest BCUT2D eigenvalue weighted by Crippen LogP contribution is -2.56. The van der Waals surface area contributed by atoms with E-state index in [-0.39, 0.29) is 12.1 Å². The number of urea groups is 1. The molecule has 2 aliphatic rings. The van der Waals surface area contributed by atoms with Crippen LogP contribution in [-0.2, 0) is 6.54 Å². The molecule has 0 unspecified atom stereocenters. The van der Waals surface area contributed by atoms with Crippen molar-refractivity contribution >= 4 is 6.03 Å². The number of hydrogen-bond acceptors (Lipinski definition) is 3. The van der Waals surface area contributed by atoms with Crippen LogP contribution in [0.1, 0.15) is 32.4 Å². The SMILES string of the molecule is CC(C)NC(=O)N1CC[C@@H](F)[C@]2(CCN(Cc3ccco3)C2)C1. The zero-order chi connectivity index (χ0) is 16.4. The Hall–Kier alpha value is -1.56. The van der Waals surface area contributed by atoms with E-state index in [1.807, 2.05) is 26.0 Å². The zero-order valence-electron chi connectivity index (χ0n) is 13.9. The van der Waals surface area contributed by atoms with Crippen molar-refractivity contribution in [2.75, 3.05) is 26.2 Å². The van der Waals surface area contributed by atoms with Crippen LogP contribution in [0.25, 0.3) is 0 Å². The van der Waals surface area contributed by atoms with E-state index in [4.69, 9.17) is 4.42 Å². The molecule has 6 heteroatoms. The first kappa shape index (κ1) is 16.3. The number of halogens is 1. The van der Waals surface area contributed by atoms with Crippen LogP contribution in [0, 0.1) is 5.41 Å². The Labute approximate surface area is 136 Å². The molecular formula is C17H26FN3O2. The third-order valence-corrected chi connectivity index (χ3v) is 4.95. The molecule has 23 heavy (non-hydrogen) atoms. The second kappa shape index (κ2) is 6.51. The van der Waals surface area contributed by atoms with Crippen molar-refractivity contribution in [1.82, 2.24) is 15.1 Å². The molecule has 0 radical (unpaired) electrons. The Kier molecular flexibility index (Phi) is 4.62. The molecule has 0 aliphatic carbocycles. The number of nitrogens with one attached hydrogen (secondary N) is 1. The average Bonchev–Trinajstić information content (AvgIpc) is 3.13. The largest absolute Gasteiger partial charge is 0.468 e. The monoisotopic (exact) mass is 323 g/mol. The van der Waals surface area contributed by atoms with Gasteiger partial charge in [0.1, 0.15) is 11.9 Å². The van der Waals surface area contributed by atoms with Gasteiger partial charge in [0.15, 0.2) is 0 Å². The van der Waals surface area contributed by atoms with Gasteiger partial charge in [0.2, 0.25) is 0 Å². The van der Waals surface area contributed by atoms with Crippen LogP contribution in [0.3, 0.4) is 0 Å². The Morgan fingerprint density at radius 1 is 1.48 bits per heavy atom. The molecular weight excluding hydrogens is 297 g/mol. The van der Waals surface area contributed by atoms with E-state index >= 15 is 0 Å². The molecule has 3 heterocycles. The number of hydrogen-bond donors (Lipinski definition) is 1. The topological polar surface area (TPSA) is 48.7 Å². The normalized spacial score (nSPS) is 28.7. The smallest absolute Gasteiger partial charge is 0.317 e. The molecule has 2 fully saturated rings. The predicted molar refractivity (Wildman–Crippen MR) is 85.8 cm³/mol. The van der Waals surface area contributed by atoms with Gasteiger partial charge in [0, 0.05) is 31.1 Å². The number of amides is 2. The number of furan rings is 1. The van der Waals surface area contributed by atoms with Crippen LogP contribution in [0.4, 0.5) is 9.18 Å². The van der Waals surface area contributed by atoms with E-state index in [0.29, 0.717) is 32.6 Å². The van der Waals surface area contributed by atoms with Gasteiger partial charge in [0.25, 0.3) is 0 Å². The van der Waals surface area contributed by atoms with Gasteiger partial charge in [0.05, 0.1) is 12.8 Å². The summed E-state index contributed by atoms with van der Waals surface area (Å²) in [7, 11) is 0. The quantitative estimate of drug-likeness (QED) is 0.930. The molecule has 0 aromatic carbocycles. The van der Waals surface area contributed by atoms with E-state index in [1.165, 1.54) is 0 Å². The summed E-state index contributed by atoms with van der Waals surface area (Å²) in [5.41, 5.74) is -0.431. The van der Waals surface area contributed by atoms with Crippen molar-refractivity contribution in [2.24, 2.45) is 5.41 Å². The van der Waals surface area contributed by atoms with Crippen LogP contribution in [0.15, 0.2) is 22.8 Å². The molecule has 1 spiro atoms. The van der Waals surface area contributed by atoms with E-state index in [2.05, 4.69) is 10.2 Å². The first-order valence-corrected chi connectivity index (χ1v) is 8.43. The predicted octanol–water partition coefficient (Wildman–Crippen LogP) is 2.63. The van der Waals surface area contributed by atoms with E-state index in [0.717, 1.165) is 18.7 Å². The lowest BCUT2D eigenvalue weighted by molar-refractivity contribution is 0.0242. The van der Waals surface area contributed by atoms with Crippen LogP contribution in [-0.4, -0.2) is 54.2 Å². The molecule has 2 saturated heterocycles. The van der Waals surface area contributed by atoms with Gasteiger partial charge in [-0.05, 0) is 45.4 Å². The first-order chi connectivity index (χ1) is 11.0. The number of alkyl halides is 1. The van der Waals surface area contributed by atoms with Crippen LogP contribution < -0.4 is 5.32 Å². The molecule has 1 aromatic heterocycles. The zero-order valence-corrected chi connectivity index (χ0v) is 13.9. The first-order valence-electron chi connectivity index (χ1n) is 8.43. The fourth-order valence-corrected chi connectivity index (χ4v) is 3.77. The third kappa shape index (κ3) is 3.52. The lowest BCUT2D eigenvalue weighted by atomic mass is 9.77. The lowest BCUT2D eigenvalue weighted by Gasteiger charge is -2.43. The van der Waals surface area contributed by atoms with Crippen LogP contribution in [0.2, 0.25) is 0 Å². The van der Waals surface area contributed by atoms with Crippen LogP contribution >= 0.6 is 0 Å². The summed E-state index contributed by atoms with van der Waals surface area (Å²) in [5, 5.41) is 2.92. The number of rotatable bonds is 3. The Bertz CT molecular complexity index is 534. The highest BCUT2D eigenvalue weighted by molar-refractivity contribution is 5.74.